The number of nitrogens with one attached hydrogen (secondary N) is 1. The van der Waals surface area contributed by atoms with Gasteiger partial charge in [-0.05, 0) is 57.1 Å². The zero-order valence-electron chi connectivity index (χ0n) is 13.8. The standard InChI is InChI=1S/C17H21FN4O.ClH/c1-12-16(17(23)21(2)14-7-9-19-10-8-14)11-20-22(12)15-5-3-13(18)4-6-15;/h3-6,11,14,19H,7-10H2,1-2H3;1H. The molecule has 0 saturated carbocycles. The molecule has 0 radical (unpaired) electrons. The van der Waals surface area contributed by atoms with E-state index in [1.54, 1.807) is 23.0 Å². The van der Waals surface area contributed by atoms with Crippen LogP contribution in [-0.4, -0.2) is 46.8 Å². The highest BCUT2D eigenvalue weighted by Gasteiger charge is 2.25. The number of benzene rings is 1. The number of halogens is 2. The van der Waals surface area contributed by atoms with Crippen molar-refractivity contribution in [3.63, 3.8) is 0 Å². The van der Waals surface area contributed by atoms with Gasteiger partial charge in [0.1, 0.15) is 5.82 Å². The van der Waals surface area contributed by atoms with Crippen molar-refractivity contribution < 1.29 is 9.18 Å². The number of hydrogen-bond donors (Lipinski definition) is 1. The second kappa shape index (κ2) is 7.77. The van der Waals surface area contributed by atoms with Crippen LogP contribution in [0.4, 0.5) is 4.39 Å². The molecule has 7 heteroatoms. The Hall–Kier alpha value is -1.92. The van der Waals surface area contributed by atoms with Crippen molar-refractivity contribution >= 4 is 18.3 Å². The summed E-state index contributed by atoms with van der Waals surface area (Å²) in [5.74, 6) is -0.303. The van der Waals surface area contributed by atoms with Gasteiger partial charge in [-0.15, -0.1) is 12.4 Å². The number of hydrogen-bond acceptors (Lipinski definition) is 3. The van der Waals surface area contributed by atoms with Gasteiger partial charge in [0.25, 0.3) is 5.91 Å². The minimum atomic E-state index is -0.291. The first-order chi connectivity index (χ1) is 11.1. The Bertz CT molecular complexity index is 695. The molecule has 1 saturated heterocycles. The van der Waals surface area contributed by atoms with Crippen molar-refractivity contribution in [3.05, 3.63) is 47.5 Å². The molecule has 1 aliphatic heterocycles. The van der Waals surface area contributed by atoms with Gasteiger partial charge in [0.15, 0.2) is 0 Å². The van der Waals surface area contributed by atoms with Crippen LogP contribution >= 0.6 is 12.4 Å². The summed E-state index contributed by atoms with van der Waals surface area (Å²) in [4.78, 5) is 14.6. The number of carbonyl (C=O) groups is 1. The predicted molar refractivity (Wildman–Crippen MR) is 93.5 cm³/mol. The predicted octanol–water partition coefficient (Wildman–Crippen LogP) is 2.57. The number of nitrogens with zero attached hydrogens (tertiary/aromatic N) is 3. The van der Waals surface area contributed by atoms with E-state index in [9.17, 15) is 9.18 Å². The molecule has 0 atom stereocenters. The fourth-order valence-electron chi connectivity index (χ4n) is 3.01. The second-order valence-electron chi connectivity index (χ2n) is 5.93. The molecule has 2 aromatic rings. The van der Waals surface area contributed by atoms with Crippen LogP contribution in [0, 0.1) is 12.7 Å². The maximum Gasteiger partial charge on any atom is 0.257 e. The van der Waals surface area contributed by atoms with E-state index in [4.69, 9.17) is 0 Å². The molecule has 3 rings (SSSR count). The first kappa shape index (κ1) is 18.4. The summed E-state index contributed by atoms with van der Waals surface area (Å²) < 4.78 is 14.7. The zero-order chi connectivity index (χ0) is 16.4. The Balaban J connectivity index is 0.00000208. The molecular formula is C17H22ClFN4O. The van der Waals surface area contributed by atoms with E-state index in [2.05, 4.69) is 10.4 Å². The van der Waals surface area contributed by atoms with Crippen molar-refractivity contribution in [2.24, 2.45) is 0 Å². The molecule has 1 aromatic carbocycles. The summed E-state index contributed by atoms with van der Waals surface area (Å²) in [6.07, 6.45) is 3.53. The summed E-state index contributed by atoms with van der Waals surface area (Å²) in [7, 11) is 1.85. The molecule has 1 aromatic heterocycles. The lowest BCUT2D eigenvalue weighted by Crippen LogP contribution is -2.44. The largest absolute Gasteiger partial charge is 0.339 e. The van der Waals surface area contributed by atoms with Gasteiger partial charge in [-0.3, -0.25) is 4.79 Å². The van der Waals surface area contributed by atoms with Crippen LogP contribution in [0.3, 0.4) is 0 Å². The van der Waals surface area contributed by atoms with Crippen LogP contribution in [0.25, 0.3) is 5.69 Å². The van der Waals surface area contributed by atoms with E-state index in [0.717, 1.165) is 37.3 Å². The molecule has 0 bridgehead atoms. The van der Waals surface area contributed by atoms with E-state index in [1.807, 2.05) is 18.9 Å². The SMILES string of the molecule is Cc1c(C(=O)N(C)C2CCNCC2)cnn1-c1ccc(F)cc1.Cl. The number of carbonyl (C=O) groups excluding carboxylic acids is 1. The summed E-state index contributed by atoms with van der Waals surface area (Å²) >= 11 is 0. The van der Waals surface area contributed by atoms with Crippen LogP contribution in [-0.2, 0) is 0 Å². The van der Waals surface area contributed by atoms with Crippen molar-refractivity contribution in [1.82, 2.24) is 20.0 Å². The average Bonchev–Trinajstić information content (AvgIpc) is 2.96. The normalized spacial score (nSPS) is 15.0. The summed E-state index contributed by atoms with van der Waals surface area (Å²) in [6, 6.07) is 6.34. The lowest BCUT2D eigenvalue weighted by Gasteiger charge is -2.31. The Labute approximate surface area is 147 Å². The molecule has 24 heavy (non-hydrogen) atoms. The van der Waals surface area contributed by atoms with Crippen LogP contribution in [0.1, 0.15) is 28.9 Å². The molecule has 0 aliphatic carbocycles. The molecule has 0 spiro atoms. The van der Waals surface area contributed by atoms with Crippen molar-refractivity contribution in [2.45, 2.75) is 25.8 Å². The highest BCUT2D eigenvalue weighted by molar-refractivity contribution is 5.95. The second-order valence-corrected chi connectivity index (χ2v) is 5.93. The van der Waals surface area contributed by atoms with Gasteiger partial charge in [0.05, 0.1) is 23.1 Å². The fourth-order valence-corrected chi connectivity index (χ4v) is 3.01. The Morgan fingerprint density at radius 1 is 1.29 bits per heavy atom. The summed E-state index contributed by atoms with van der Waals surface area (Å²) in [5, 5.41) is 7.60. The van der Waals surface area contributed by atoms with Gasteiger partial charge in [0, 0.05) is 13.1 Å². The molecule has 0 unspecified atom stereocenters. The maximum absolute atomic E-state index is 13.1. The number of amides is 1. The number of rotatable bonds is 3. The summed E-state index contributed by atoms with van der Waals surface area (Å²) in [6.45, 7) is 3.74. The van der Waals surface area contributed by atoms with E-state index >= 15 is 0 Å². The molecule has 1 fully saturated rings. The van der Waals surface area contributed by atoms with Crippen molar-refractivity contribution in [1.29, 1.82) is 0 Å². The third kappa shape index (κ3) is 3.60. The lowest BCUT2D eigenvalue weighted by atomic mass is 10.0. The third-order valence-corrected chi connectivity index (χ3v) is 4.49. The van der Waals surface area contributed by atoms with Crippen LogP contribution < -0.4 is 5.32 Å². The zero-order valence-corrected chi connectivity index (χ0v) is 14.6. The lowest BCUT2D eigenvalue weighted by molar-refractivity contribution is 0.0702. The van der Waals surface area contributed by atoms with Crippen LogP contribution in [0.5, 0.6) is 0 Å². The van der Waals surface area contributed by atoms with Crippen molar-refractivity contribution in [2.75, 3.05) is 20.1 Å². The van der Waals surface area contributed by atoms with Gasteiger partial charge < -0.3 is 10.2 Å². The van der Waals surface area contributed by atoms with Gasteiger partial charge in [-0.1, -0.05) is 0 Å². The van der Waals surface area contributed by atoms with Gasteiger partial charge in [0.2, 0.25) is 0 Å². The van der Waals surface area contributed by atoms with Gasteiger partial charge in [-0.2, -0.15) is 5.10 Å². The molecule has 2 heterocycles. The van der Waals surface area contributed by atoms with Gasteiger partial charge >= 0.3 is 0 Å². The smallest absolute Gasteiger partial charge is 0.257 e. The number of piperidine rings is 1. The fraction of sp³-hybridized carbons (Fsp3) is 0.412. The monoisotopic (exact) mass is 352 g/mol. The van der Waals surface area contributed by atoms with E-state index in [-0.39, 0.29) is 30.2 Å². The Morgan fingerprint density at radius 3 is 2.54 bits per heavy atom. The van der Waals surface area contributed by atoms with E-state index in [1.165, 1.54) is 12.1 Å². The topological polar surface area (TPSA) is 50.2 Å². The molecule has 1 aliphatic rings. The highest BCUT2D eigenvalue weighted by atomic mass is 35.5. The van der Waals surface area contributed by atoms with E-state index < -0.39 is 0 Å². The first-order valence-electron chi connectivity index (χ1n) is 7.86. The molecule has 1 N–H and O–H groups in total. The highest BCUT2D eigenvalue weighted by Crippen LogP contribution is 2.19. The quantitative estimate of drug-likeness (QED) is 0.923. The van der Waals surface area contributed by atoms with E-state index in [0.29, 0.717) is 5.56 Å². The van der Waals surface area contributed by atoms with Crippen LogP contribution in [0.2, 0.25) is 0 Å². The van der Waals surface area contributed by atoms with Crippen LogP contribution in [0.15, 0.2) is 30.5 Å². The average molecular weight is 353 g/mol. The minimum absolute atomic E-state index is 0. The molecular weight excluding hydrogens is 331 g/mol. The molecule has 130 valence electrons. The Morgan fingerprint density at radius 2 is 1.92 bits per heavy atom. The Kier molecular flexibility index (Phi) is 5.96. The molecule has 1 amide bonds. The molecule has 5 nitrogen and oxygen atoms in total. The first-order valence-corrected chi connectivity index (χ1v) is 7.86. The third-order valence-electron chi connectivity index (χ3n) is 4.49. The summed E-state index contributed by atoms with van der Waals surface area (Å²) in [5.41, 5.74) is 2.10. The minimum Gasteiger partial charge on any atom is -0.339 e. The van der Waals surface area contributed by atoms with Gasteiger partial charge in [-0.25, -0.2) is 9.07 Å². The maximum atomic E-state index is 13.1. The van der Waals surface area contributed by atoms with Crippen molar-refractivity contribution in [3.8, 4) is 5.69 Å². The number of aromatic nitrogens is 2.